The van der Waals surface area contributed by atoms with Crippen molar-refractivity contribution in [2.45, 2.75) is 225 Å². The zero-order valence-corrected chi connectivity index (χ0v) is 43.6. The summed E-state index contributed by atoms with van der Waals surface area (Å²) >= 11 is 0. The topological polar surface area (TPSA) is 105 Å². The second kappa shape index (κ2) is 46.8. The molecule has 376 valence electrons. The molecule has 0 rings (SSSR count). The number of phosphoric ester groups is 1. The van der Waals surface area contributed by atoms with Gasteiger partial charge in [0.1, 0.15) is 13.2 Å². The van der Waals surface area contributed by atoms with Gasteiger partial charge in [0.15, 0.2) is 0 Å². The fraction of sp³-hybridized carbons (Fsp3) is 0.732. The van der Waals surface area contributed by atoms with Crippen LogP contribution in [-0.2, 0) is 18.4 Å². The van der Waals surface area contributed by atoms with Crippen LogP contribution in [0.5, 0.6) is 0 Å². The second-order valence-corrected chi connectivity index (χ2v) is 20.3. The van der Waals surface area contributed by atoms with Crippen LogP contribution in [-0.4, -0.2) is 73.4 Å². The maximum absolute atomic E-state index is 12.9. The molecule has 0 fully saturated rings. The number of nitrogens with zero attached hydrogens (tertiary/aromatic N) is 1. The van der Waals surface area contributed by atoms with E-state index in [1.165, 1.54) is 109 Å². The van der Waals surface area contributed by atoms with E-state index in [0.717, 1.165) is 70.6 Å². The maximum Gasteiger partial charge on any atom is 0.472 e. The first-order chi connectivity index (χ1) is 31.5. The summed E-state index contributed by atoms with van der Waals surface area (Å²) in [6.45, 7) is 4.73. The quantitative estimate of drug-likeness (QED) is 0.0243. The third-order valence-corrected chi connectivity index (χ3v) is 12.4. The van der Waals surface area contributed by atoms with E-state index in [-0.39, 0.29) is 19.1 Å². The van der Waals surface area contributed by atoms with E-state index in [1.54, 1.807) is 0 Å². The van der Waals surface area contributed by atoms with Crippen molar-refractivity contribution in [2.24, 2.45) is 0 Å². The molecule has 0 saturated carbocycles. The van der Waals surface area contributed by atoms with Gasteiger partial charge < -0.3 is 19.8 Å². The number of carbonyl (C=O) groups is 1. The number of aliphatic hydroxyl groups is 1. The van der Waals surface area contributed by atoms with E-state index in [9.17, 15) is 19.4 Å². The molecule has 65 heavy (non-hydrogen) atoms. The summed E-state index contributed by atoms with van der Waals surface area (Å²) in [6, 6.07) is -0.797. The molecular formula is C56H102N2O6P+. The molecule has 0 aromatic rings. The minimum absolute atomic E-state index is 0.0594. The lowest BCUT2D eigenvalue weighted by Gasteiger charge is -2.26. The van der Waals surface area contributed by atoms with Crippen molar-refractivity contribution in [2.75, 3.05) is 40.9 Å². The maximum atomic E-state index is 12.9. The first kappa shape index (κ1) is 62.7. The Morgan fingerprint density at radius 3 is 1.29 bits per heavy atom. The predicted molar refractivity (Wildman–Crippen MR) is 281 cm³/mol. The number of allylic oxidation sites excluding steroid dienone is 14. The van der Waals surface area contributed by atoms with Gasteiger partial charge in [-0.1, -0.05) is 227 Å². The molecule has 8 nitrogen and oxygen atoms in total. The summed E-state index contributed by atoms with van der Waals surface area (Å²) in [6.07, 6.45) is 64.9. The average molecular weight is 930 g/mol. The monoisotopic (exact) mass is 930 g/mol. The van der Waals surface area contributed by atoms with E-state index < -0.39 is 20.0 Å². The number of hydrogen-bond donors (Lipinski definition) is 3. The molecule has 0 radical (unpaired) electrons. The van der Waals surface area contributed by atoms with Crippen LogP contribution < -0.4 is 5.32 Å². The van der Waals surface area contributed by atoms with Gasteiger partial charge >= 0.3 is 7.82 Å². The highest BCUT2D eigenvalue weighted by Crippen LogP contribution is 2.43. The lowest BCUT2D eigenvalue weighted by Crippen LogP contribution is -2.46. The van der Waals surface area contributed by atoms with Gasteiger partial charge in [-0.25, -0.2) is 4.57 Å². The molecule has 0 saturated heterocycles. The molecule has 3 atom stereocenters. The summed E-state index contributed by atoms with van der Waals surface area (Å²) in [4.78, 5) is 23.3. The number of amides is 1. The summed E-state index contributed by atoms with van der Waals surface area (Å²) in [5.41, 5.74) is 0. The normalized spacial score (nSPS) is 14.8. The van der Waals surface area contributed by atoms with Crippen LogP contribution in [0.1, 0.15) is 213 Å². The van der Waals surface area contributed by atoms with Gasteiger partial charge in [-0.2, -0.15) is 0 Å². The molecule has 3 N–H and O–H groups in total. The molecule has 0 bridgehead atoms. The highest BCUT2D eigenvalue weighted by Gasteiger charge is 2.28. The SMILES string of the molecule is CC/C=C\C/C=C\C/C=C\C/C=C\C/C=C\C/C=C\C/C=C\CCCC(=O)NC(COP(=O)(O)OCC[N+](C)(C)C)C(O)CCCCCCCCCCCCCCCCCCCCCC. The molecule has 0 heterocycles. The number of quaternary nitrogens is 1. The molecule has 0 aromatic heterocycles. The van der Waals surface area contributed by atoms with Crippen molar-refractivity contribution in [3.05, 3.63) is 85.1 Å². The molecule has 0 aliphatic carbocycles. The Morgan fingerprint density at radius 2 is 0.908 bits per heavy atom. The van der Waals surface area contributed by atoms with Crippen LogP contribution in [0.4, 0.5) is 0 Å². The van der Waals surface area contributed by atoms with Crippen molar-refractivity contribution in [3.63, 3.8) is 0 Å². The highest BCUT2D eigenvalue weighted by molar-refractivity contribution is 7.47. The molecule has 1 amide bonds. The molecular weight excluding hydrogens is 828 g/mol. The van der Waals surface area contributed by atoms with Gasteiger partial charge in [0.2, 0.25) is 5.91 Å². The first-order valence-electron chi connectivity index (χ1n) is 26.5. The van der Waals surface area contributed by atoms with E-state index in [0.29, 0.717) is 30.3 Å². The molecule has 0 aromatic carbocycles. The fourth-order valence-corrected chi connectivity index (χ4v) is 8.01. The van der Waals surface area contributed by atoms with Gasteiger partial charge in [-0.3, -0.25) is 13.8 Å². The zero-order chi connectivity index (χ0) is 47.8. The fourth-order valence-electron chi connectivity index (χ4n) is 7.27. The highest BCUT2D eigenvalue weighted by atomic mass is 31.2. The van der Waals surface area contributed by atoms with Crippen molar-refractivity contribution >= 4 is 13.7 Å². The Morgan fingerprint density at radius 1 is 0.538 bits per heavy atom. The van der Waals surface area contributed by atoms with Gasteiger partial charge in [0, 0.05) is 6.42 Å². The number of carbonyl (C=O) groups excluding carboxylic acids is 1. The summed E-state index contributed by atoms with van der Waals surface area (Å²) in [5.74, 6) is -0.203. The van der Waals surface area contributed by atoms with Crippen molar-refractivity contribution in [1.82, 2.24) is 5.32 Å². The van der Waals surface area contributed by atoms with Crippen LogP contribution in [0.2, 0.25) is 0 Å². The lowest BCUT2D eigenvalue weighted by atomic mass is 10.0. The number of aliphatic hydroxyl groups excluding tert-OH is 1. The molecule has 3 unspecified atom stereocenters. The average Bonchev–Trinajstić information content (AvgIpc) is 3.26. The number of nitrogens with one attached hydrogen (secondary N) is 1. The van der Waals surface area contributed by atoms with Crippen LogP contribution in [0, 0.1) is 0 Å². The van der Waals surface area contributed by atoms with Gasteiger partial charge in [-0.15, -0.1) is 0 Å². The van der Waals surface area contributed by atoms with Gasteiger partial charge in [-0.05, 0) is 64.2 Å². The van der Waals surface area contributed by atoms with Crippen LogP contribution in [0.25, 0.3) is 0 Å². The van der Waals surface area contributed by atoms with Crippen LogP contribution in [0.3, 0.4) is 0 Å². The lowest BCUT2D eigenvalue weighted by molar-refractivity contribution is -0.870. The Labute approximate surface area is 401 Å². The first-order valence-corrected chi connectivity index (χ1v) is 27.9. The number of phosphoric acid groups is 1. The van der Waals surface area contributed by atoms with Crippen LogP contribution in [0.15, 0.2) is 85.1 Å². The number of unbranched alkanes of at least 4 members (excludes halogenated alkanes) is 20. The predicted octanol–water partition coefficient (Wildman–Crippen LogP) is 15.7. The third-order valence-electron chi connectivity index (χ3n) is 11.4. The summed E-state index contributed by atoms with van der Waals surface area (Å²) < 4.78 is 23.7. The van der Waals surface area contributed by atoms with Crippen molar-refractivity contribution in [3.8, 4) is 0 Å². The molecule has 0 aliphatic heterocycles. The number of rotatable bonds is 47. The molecule has 0 aliphatic rings. The molecule has 9 heteroatoms. The van der Waals surface area contributed by atoms with E-state index >= 15 is 0 Å². The Balaban J connectivity index is 4.38. The van der Waals surface area contributed by atoms with Gasteiger partial charge in [0.05, 0.1) is 39.9 Å². The zero-order valence-electron chi connectivity index (χ0n) is 42.7. The number of likely N-dealkylation sites (N-methyl/N-ethyl adjacent to an activating group) is 1. The smallest absolute Gasteiger partial charge is 0.391 e. The minimum Gasteiger partial charge on any atom is -0.391 e. The van der Waals surface area contributed by atoms with Gasteiger partial charge in [0.25, 0.3) is 0 Å². The Hall–Kier alpha value is -2.32. The third kappa shape index (κ3) is 49.4. The van der Waals surface area contributed by atoms with E-state index in [4.69, 9.17) is 9.05 Å². The molecule has 0 spiro atoms. The Kier molecular flexibility index (Phi) is 45.1. The van der Waals surface area contributed by atoms with E-state index in [1.807, 2.05) is 21.1 Å². The number of hydrogen-bond acceptors (Lipinski definition) is 5. The standard InChI is InChI=1S/C56H101N2O6P/c1-6-8-10-12-14-16-18-20-22-24-26-28-29-30-32-34-36-38-40-42-44-46-48-50-56(60)57-54(53-64-65(61,62)63-52-51-58(3,4)5)55(59)49-47-45-43-41-39-37-35-33-31-27-25-23-21-19-17-15-13-11-9-7-2/h8,10,14,16,20,22,26,28,30,32,36,38,42,44,54-55,59H,6-7,9,11-13,15,17-19,21,23-25,27,29,31,33-35,37,39-41,43,45-53H2,1-5H3,(H-,57,60,61,62)/p+1/b10-8-,16-14-,22-20-,28-26-,32-30-,38-36-,44-42-. The van der Waals surface area contributed by atoms with Crippen molar-refractivity contribution in [1.29, 1.82) is 0 Å². The largest absolute Gasteiger partial charge is 0.472 e. The van der Waals surface area contributed by atoms with Crippen LogP contribution >= 0.6 is 7.82 Å². The Bertz CT molecular complexity index is 1330. The summed E-state index contributed by atoms with van der Waals surface area (Å²) in [5, 5.41) is 14.0. The minimum atomic E-state index is -4.34. The summed E-state index contributed by atoms with van der Waals surface area (Å²) in [7, 11) is 1.57. The second-order valence-electron chi connectivity index (χ2n) is 18.9. The van der Waals surface area contributed by atoms with E-state index in [2.05, 4.69) is 104 Å². The van der Waals surface area contributed by atoms with Crippen molar-refractivity contribution < 1.29 is 32.9 Å².